The summed E-state index contributed by atoms with van der Waals surface area (Å²) < 4.78 is 2.52. The van der Waals surface area contributed by atoms with Crippen LogP contribution in [-0.4, -0.2) is 4.57 Å². The first-order chi connectivity index (χ1) is 25.8. The SMILES string of the molecule is c1ccc(-c2cc3ccccc3c3c2c2ccc(-c4ccc(N(c5ccccc5)c5ccccc5)cc4)cc2n3-c2cccc3ccccc23)cc1. The van der Waals surface area contributed by atoms with E-state index in [1.54, 1.807) is 0 Å². The summed E-state index contributed by atoms with van der Waals surface area (Å²) in [5.74, 6) is 0. The predicted molar refractivity (Wildman–Crippen MR) is 221 cm³/mol. The van der Waals surface area contributed by atoms with Gasteiger partial charge in [0.25, 0.3) is 0 Å². The summed E-state index contributed by atoms with van der Waals surface area (Å²) >= 11 is 0. The van der Waals surface area contributed by atoms with Crippen molar-refractivity contribution in [2.75, 3.05) is 4.90 Å². The summed E-state index contributed by atoms with van der Waals surface area (Å²) in [7, 11) is 0. The van der Waals surface area contributed by atoms with Crippen molar-refractivity contribution in [1.82, 2.24) is 4.57 Å². The van der Waals surface area contributed by atoms with Gasteiger partial charge >= 0.3 is 0 Å². The Morgan fingerprint density at radius 1 is 0.346 bits per heavy atom. The summed E-state index contributed by atoms with van der Waals surface area (Å²) in [5, 5.41) is 7.45. The van der Waals surface area contributed by atoms with E-state index in [4.69, 9.17) is 0 Å². The van der Waals surface area contributed by atoms with Crippen molar-refractivity contribution in [3.05, 3.63) is 206 Å². The molecule has 9 aromatic carbocycles. The molecule has 2 nitrogen and oxygen atoms in total. The average molecular weight is 663 g/mol. The Labute approximate surface area is 303 Å². The first-order valence-corrected chi connectivity index (χ1v) is 17.9. The summed E-state index contributed by atoms with van der Waals surface area (Å²) in [6.07, 6.45) is 0. The molecule has 0 unspecified atom stereocenters. The maximum absolute atomic E-state index is 2.52. The van der Waals surface area contributed by atoms with E-state index in [-0.39, 0.29) is 0 Å². The van der Waals surface area contributed by atoms with Crippen LogP contribution < -0.4 is 4.90 Å². The fourth-order valence-electron chi connectivity index (χ4n) is 7.96. The van der Waals surface area contributed by atoms with Gasteiger partial charge in [-0.05, 0) is 87.6 Å². The molecule has 0 aliphatic heterocycles. The van der Waals surface area contributed by atoms with Crippen molar-refractivity contribution in [2.45, 2.75) is 0 Å². The predicted octanol–water partition coefficient (Wildman–Crippen LogP) is 13.9. The molecule has 0 aliphatic rings. The minimum Gasteiger partial charge on any atom is -0.311 e. The number of para-hydroxylation sites is 2. The Hall–Kier alpha value is -6.90. The Morgan fingerprint density at radius 2 is 0.904 bits per heavy atom. The van der Waals surface area contributed by atoms with Crippen LogP contribution in [0, 0.1) is 0 Å². The molecular weight excluding hydrogens is 629 g/mol. The number of hydrogen-bond donors (Lipinski definition) is 0. The second kappa shape index (κ2) is 12.5. The molecule has 2 heteroatoms. The maximum atomic E-state index is 2.52. The molecule has 0 saturated carbocycles. The summed E-state index contributed by atoms with van der Waals surface area (Å²) in [6.45, 7) is 0. The largest absolute Gasteiger partial charge is 0.311 e. The normalized spacial score (nSPS) is 11.5. The van der Waals surface area contributed by atoms with Gasteiger partial charge in [-0.2, -0.15) is 0 Å². The molecule has 0 aliphatic carbocycles. The van der Waals surface area contributed by atoms with Gasteiger partial charge in [0.05, 0.1) is 16.7 Å². The van der Waals surface area contributed by atoms with Gasteiger partial charge < -0.3 is 9.47 Å². The zero-order valence-electron chi connectivity index (χ0n) is 28.5. The highest BCUT2D eigenvalue weighted by Gasteiger charge is 2.21. The monoisotopic (exact) mass is 662 g/mol. The van der Waals surface area contributed by atoms with E-state index in [0.29, 0.717) is 0 Å². The van der Waals surface area contributed by atoms with Crippen LogP contribution in [0.3, 0.4) is 0 Å². The van der Waals surface area contributed by atoms with Gasteiger partial charge in [-0.3, -0.25) is 0 Å². The van der Waals surface area contributed by atoms with E-state index < -0.39 is 0 Å². The molecule has 52 heavy (non-hydrogen) atoms. The molecule has 0 bridgehead atoms. The van der Waals surface area contributed by atoms with Gasteiger partial charge in [0.2, 0.25) is 0 Å². The lowest BCUT2D eigenvalue weighted by Crippen LogP contribution is -2.09. The minimum absolute atomic E-state index is 1.12. The number of benzene rings is 9. The molecule has 0 N–H and O–H groups in total. The summed E-state index contributed by atoms with van der Waals surface area (Å²) in [4.78, 5) is 2.31. The maximum Gasteiger partial charge on any atom is 0.0625 e. The molecule has 0 amide bonds. The van der Waals surface area contributed by atoms with Crippen LogP contribution in [0.25, 0.3) is 71.3 Å². The van der Waals surface area contributed by atoms with Gasteiger partial charge in [0, 0.05) is 38.6 Å². The number of fused-ring (bicyclic) bond motifs is 6. The summed E-state index contributed by atoms with van der Waals surface area (Å²) in [6, 6.07) is 74.6. The fraction of sp³-hybridized carbons (Fsp3) is 0. The van der Waals surface area contributed by atoms with Gasteiger partial charge in [-0.25, -0.2) is 0 Å². The first kappa shape index (κ1) is 30.0. The Kier molecular flexibility index (Phi) is 7.18. The van der Waals surface area contributed by atoms with E-state index >= 15 is 0 Å². The third-order valence-corrected chi connectivity index (χ3v) is 10.3. The zero-order chi connectivity index (χ0) is 34.4. The second-order valence-electron chi connectivity index (χ2n) is 13.4. The summed E-state index contributed by atoms with van der Waals surface area (Å²) in [5.41, 5.74) is 11.8. The van der Waals surface area contributed by atoms with Gasteiger partial charge in [-0.1, -0.05) is 152 Å². The standard InChI is InChI=1S/C50H34N2/c1-4-15-37(16-5-1)46-33-39-18-11-13-25-44(39)50-49(46)45-32-29-38(34-48(45)52(50)47-26-14-19-36-17-10-12-24-43(36)47)35-27-30-42(31-28-35)51(40-20-6-2-7-21-40)41-22-8-3-9-23-41/h1-34H. The van der Waals surface area contributed by atoms with Crippen molar-refractivity contribution in [3.63, 3.8) is 0 Å². The highest BCUT2D eigenvalue weighted by molar-refractivity contribution is 6.25. The molecule has 0 saturated heterocycles. The number of anilines is 3. The first-order valence-electron chi connectivity index (χ1n) is 17.9. The Morgan fingerprint density at radius 3 is 1.62 bits per heavy atom. The zero-order valence-corrected chi connectivity index (χ0v) is 28.5. The van der Waals surface area contributed by atoms with E-state index in [9.17, 15) is 0 Å². The molecule has 0 fully saturated rings. The molecular formula is C50H34N2. The number of rotatable bonds is 6. The van der Waals surface area contributed by atoms with Crippen LogP contribution in [0.5, 0.6) is 0 Å². The van der Waals surface area contributed by atoms with E-state index in [2.05, 4.69) is 216 Å². The highest BCUT2D eigenvalue weighted by Crippen LogP contribution is 2.45. The average Bonchev–Trinajstić information content (AvgIpc) is 3.56. The lowest BCUT2D eigenvalue weighted by atomic mass is 9.94. The Bertz CT molecular complexity index is 2830. The molecule has 0 radical (unpaired) electrons. The van der Waals surface area contributed by atoms with Crippen LogP contribution in [0.4, 0.5) is 17.1 Å². The van der Waals surface area contributed by atoms with Crippen LogP contribution in [0.15, 0.2) is 206 Å². The smallest absolute Gasteiger partial charge is 0.0625 e. The molecule has 0 atom stereocenters. The number of aromatic nitrogens is 1. The van der Waals surface area contributed by atoms with Gasteiger partial charge in [0.15, 0.2) is 0 Å². The lowest BCUT2D eigenvalue weighted by Gasteiger charge is -2.25. The molecule has 10 aromatic rings. The molecule has 1 heterocycles. The minimum atomic E-state index is 1.12. The van der Waals surface area contributed by atoms with Crippen molar-refractivity contribution in [2.24, 2.45) is 0 Å². The topological polar surface area (TPSA) is 8.17 Å². The third-order valence-electron chi connectivity index (χ3n) is 10.3. The fourth-order valence-corrected chi connectivity index (χ4v) is 7.96. The number of nitrogens with zero attached hydrogens (tertiary/aromatic N) is 2. The molecule has 0 spiro atoms. The van der Waals surface area contributed by atoms with Crippen LogP contribution in [0.2, 0.25) is 0 Å². The van der Waals surface area contributed by atoms with E-state index in [1.165, 1.54) is 71.3 Å². The van der Waals surface area contributed by atoms with Crippen molar-refractivity contribution in [1.29, 1.82) is 0 Å². The van der Waals surface area contributed by atoms with Crippen molar-refractivity contribution in [3.8, 4) is 27.9 Å². The van der Waals surface area contributed by atoms with Gasteiger partial charge in [0.1, 0.15) is 0 Å². The van der Waals surface area contributed by atoms with Crippen molar-refractivity contribution >= 4 is 60.4 Å². The van der Waals surface area contributed by atoms with Gasteiger partial charge in [-0.15, -0.1) is 0 Å². The van der Waals surface area contributed by atoms with Crippen LogP contribution >= 0.6 is 0 Å². The highest BCUT2D eigenvalue weighted by atomic mass is 15.1. The van der Waals surface area contributed by atoms with Crippen LogP contribution in [0.1, 0.15) is 0 Å². The van der Waals surface area contributed by atoms with E-state index in [1.807, 2.05) is 0 Å². The van der Waals surface area contributed by atoms with Crippen LogP contribution in [-0.2, 0) is 0 Å². The lowest BCUT2D eigenvalue weighted by molar-refractivity contribution is 1.20. The molecule has 244 valence electrons. The molecule has 10 rings (SSSR count). The molecule has 1 aromatic heterocycles. The third kappa shape index (κ3) is 4.96. The second-order valence-corrected chi connectivity index (χ2v) is 13.4. The quantitative estimate of drug-likeness (QED) is 0.172. The number of hydrogen-bond acceptors (Lipinski definition) is 1. The van der Waals surface area contributed by atoms with Crippen molar-refractivity contribution < 1.29 is 0 Å². The van der Waals surface area contributed by atoms with E-state index in [0.717, 1.165) is 17.1 Å². The Balaban J connectivity index is 1.23.